The Balaban J connectivity index is 1.26. The number of aromatic amines is 1. The molecule has 33 heavy (non-hydrogen) atoms. The van der Waals surface area contributed by atoms with Gasteiger partial charge in [0, 0.05) is 5.69 Å². The Morgan fingerprint density at radius 2 is 1.70 bits per heavy atom. The highest BCUT2D eigenvalue weighted by atomic mass is 32.2. The van der Waals surface area contributed by atoms with Gasteiger partial charge in [0.05, 0.1) is 5.25 Å². The smallest absolute Gasteiger partial charge is 0.237 e. The number of nitrogens with zero attached hydrogens (tertiary/aromatic N) is 2. The second-order valence-corrected chi connectivity index (χ2v) is 8.60. The van der Waals surface area contributed by atoms with Gasteiger partial charge in [-0.1, -0.05) is 78.5 Å². The van der Waals surface area contributed by atoms with Gasteiger partial charge in [-0.05, 0) is 48.4 Å². The first-order valence-corrected chi connectivity index (χ1v) is 11.4. The van der Waals surface area contributed by atoms with E-state index in [0.717, 1.165) is 16.9 Å². The minimum Gasteiger partial charge on any atom is -0.489 e. The molecule has 166 valence electrons. The zero-order valence-electron chi connectivity index (χ0n) is 18.1. The minimum atomic E-state index is -0.360. The third kappa shape index (κ3) is 6.82. The van der Waals surface area contributed by atoms with Crippen LogP contribution in [-0.4, -0.2) is 26.3 Å². The molecule has 6 nitrogen and oxygen atoms in total. The number of thioether (sulfide) groups is 1. The van der Waals surface area contributed by atoms with E-state index in [2.05, 4.69) is 20.5 Å². The Morgan fingerprint density at radius 3 is 2.42 bits per heavy atom. The zero-order valence-corrected chi connectivity index (χ0v) is 19.0. The molecule has 1 unspecified atom stereocenters. The number of aromatic nitrogens is 3. The van der Waals surface area contributed by atoms with Crippen LogP contribution in [0.3, 0.4) is 0 Å². The van der Waals surface area contributed by atoms with Gasteiger partial charge in [0.2, 0.25) is 11.1 Å². The highest BCUT2D eigenvalue weighted by molar-refractivity contribution is 8.00. The van der Waals surface area contributed by atoms with E-state index < -0.39 is 0 Å². The number of H-pyrrole nitrogens is 1. The van der Waals surface area contributed by atoms with E-state index in [1.165, 1.54) is 11.8 Å². The van der Waals surface area contributed by atoms with Crippen molar-refractivity contribution in [2.75, 3.05) is 5.32 Å². The molecule has 2 N–H and O–H groups in total. The number of anilines is 1. The summed E-state index contributed by atoms with van der Waals surface area (Å²) in [7, 11) is 0. The Hall–Kier alpha value is -3.84. The molecular weight excluding hydrogens is 432 g/mol. The summed E-state index contributed by atoms with van der Waals surface area (Å²) in [6.45, 7) is 2.33. The van der Waals surface area contributed by atoms with Crippen molar-refractivity contribution in [3.63, 3.8) is 0 Å². The molecule has 0 radical (unpaired) electrons. The molecule has 0 aliphatic rings. The van der Waals surface area contributed by atoms with E-state index in [4.69, 9.17) is 4.74 Å². The van der Waals surface area contributed by atoms with Crippen LogP contribution < -0.4 is 10.1 Å². The number of amides is 1. The van der Waals surface area contributed by atoms with Gasteiger partial charge < -0.3 is 10.1 Å². The molecule has 4 aromatic rings. The predicted molar refractivity (Wildman–Crippen MR) is 133 cm³/mol. The van der Waals surface area contributed by atoms with Gasteiger partial charge in [-0.2, -0.15) is 0 Å². The van der Waals surface area contributed by atoms with Crippen LogP contribution in [0.4, 0.5) is 5.69 Å². The van der Waals surface area contributed by atoms with Gasteiger partial charge in [0.1, 0.15) is 18.2 Å². The van der Waals surface area contributed by atoms with E-state index >= 15 is 0 Å². The number of benzene rings is 3. The molecule has 0 aliphatic carbocycles. The van der Waals surface area contributed by atoms with Crippen LogP contribution in [0.1, 0.15) is 23.9 Å². The maximum atomic E-state index is 12.6. The van der Waals surface area contributed by atoms with Crippen LogP contribution in [0.25, 0.3) is 12.2 Å². The molecule has 1 aromatic heterocycles. The Morgan fingerprint density at radius 1 is 1.00 bits per heavy atom. The van der Waals surface area contributed by atoms with Crippen molar-refractivity contribution in [3.05, 3.63) is 102 Å². The lowest BCUT2D eigenvalue weighted by atomic mass is 10.2. The lowest BCUT2D eigenvalue weighted by molar-refractivity contribution is -0.115. The van der Waals surface area contributed by atoms with E-state index in [9.17, 15) is 4.79 Å². The van der Waals surface area contributed by atoms with E-state index in [1.807, 2.05) is 104 Å². The Kier molecular flexibility index (Phi) is 7.56. The number of carbonyl (C=O) groups excluding carboxylic acids is 1. The van der Waals surface area contributed by atoms with E-state index in [1.54, 1.807) is 0 Å². The van der Waals surface area contributed by atoms with Crippen LogP contribution >= 0.6 is 11.8 Å². The van der Waals surface area contributed by atoms with Crippen molar-refractivity contribution >= 4 is 35.5 Å². The molecule has 1 amide bonds. The molecule has 4 rings (SSSR count). The van der Waals surface area contributed by atoms with E-state index in [0.29, 0.717) is 23.3 Å². The first-order chi connectivity index (χ1) is 16.2. The second kappa shape index (κ2) is 11.2. The highest BCUT2D eigenvalue weighted by Crippen LogP contribution is 2.22. The average Bonchev–Trinajstić information content (AvgIpc) is 3.31. The number of nitrogens with one attached hydrogen (secondary N) is 2. The Bertz CT molecular complexity index is 1190. The van der Waals surface area contributed by atoms with Crippen molar-refractivity contribution in [2.45, 2.75) is 23.9 Å². The van der Waals surface area contributed by atoms with Crippen molar-refractivity contribution < 1.29 is 9.53 Å². The van der Waals surface area contributed by atoms with Gasteiger partial charge in [-0.25, -0.2) is 4.98 Å². The predicted octanol–water partition coefficient (Wildman–Crippen LogP) is 5.67. The fraction of sp³-hybridized carbons (Fsp3) is 0.115. The first-order valence-electron chi connectivity index (χ1n) is 10.6. The van der Waals surface area contributed by atoms with Crippen molar-refractivity contribution in [2.24, 2.45) is 0 Å². The molecule has 0 bridgehead atoms. The molecular formula is C26H24N4O2S. The number of ether oxygens (including phenoxy) is 1. The lowest BCUT2D eigenvalue weighted by Crippen LogP contribution is -2.22. The summed E-state index contributed by atoms with van der Waals surface area (Å²) in [5, 5.41) is 10.2. The summed E-state index contributed by atoms with van der Waals surface area (Å²) in [6.07, 6.45) is 3.82. The summed E-state index contributed by atoms with van der Waals surface area (Å²) < 4.78 is 5.79. The maximum Gasteiger partial charge on any atom is 0.237 e. The molecule has 1 atom stereocenters. The van der Waals surface area contributed by atoms with Gasteiger partial charge in [-0.3, -0.25) is 9.89 Å². The zero-order chi connectivity index (χ0) is 22.9. The van der Waals surface area contributed by atoms with E-state index in [-0.39, 0.29) is 11.2 Å². The van der Waals surface area contributed by atoms with Crippen molar-refractivity contribution in [3.8, 4) is 5.75 Å². The quantitative estimate of drug-likeness (QED) is 0.317. The van der Waals surface area contributed by atoms with Gasteiger partial charge in [-0.15, -0.1) is 5.10 Å². The molecule has 0 spiro atoms. The molecule has 3 aromatic carbocycles. The topological polar surface area (TPSA) is 79.9 Å². The molecule has 1 heterocycles. The SMILES string of the molecule is CC(Sc1n[nH]c(/C=C/c2ccccc2)n1)C(=O)Nc1ccc(OCc2ccccc2)cc1. The van der Waals surface area contributed by atoms with Crippen LogP contribution in [0.2, 0.25) is 0 Å². The minimum absolute atomic E-state index is 0.121. The summed E-state index contributed by atoms with van der Waals surface area (Å²) in [5.41, 5.74) is 2.89. The summed E-state index contributed by atoms with van der Waals surface area (Å²) in [4.78, 5) is 17.0. The lowest BCUT2D eigenvalue weighted by Gasteiger charge is -2.11. The molecule has 0 saturated heterocycles. The molecule has 0 fully saturated rings. The largest absolute Gasteiger partial charge is 0.489 e. The number of hydrogen-bond acceptors (Lipinski definition) is 5. The second-order valence-electron chi connectivity index (χ2n) is 7.30. The average molecular weight is 457 g/mol. The van der Waals surface area contributed by atoms with Crippen molar-refractivity contribution in [1.29, 1.82) is 0 Å². The summed E-state index contributed by atoms with van der Waals surface area (Å²) >= 11 is 1.30. The third-order valence-electron chi connectivity index (χ3n) is 4.74. The highest BCUT2D eigenvalue weighted by Gasteiger charge is 2.17. The normalized spacial score (nSPS) is 11.9. The van der Waals surface area contributed by atoms with Crippen molar-refractivity contribution in [1.82, 2.24) is 15.2 Å². The van der Waals surface area contributed by atoms with Crippen LogP contribution in [0.15, 0.2) is 90.1 Å². The fourth-order valence-corrected chi connectivity index (χ4v) is 3.69. The van der Waals surface area contributed by atoms with Gasteiger partial charge in [0.15, 0.2) is 0 Å². The van der Waals surface area contributed by atoms with Gasteiger partial charge >= 0.3 is 0 Å². The maximum absolute atomic E-state index is 12.6. The number of hydrogen-bond donors (Lipinski definition) is 2. The molecule has 0 saturated carbocycles. The first kappa shape index (κ1) is 22.4. The number of rotatable bonds is 9. The summed E-state index contributed by atoms with van der Waals surface area (Å²) in [5.74, 6) is 1.26. The summed E-state index contributed by atoms with van der Waals surface area (Å²) in [6, 6.07) is 27.3. The van der Waals surface area contributed by atoms with Crippen LogP contribution in [0, 0.1) is 0 Å². The standard InChI is InChI=1S/C26H24N4O2S/c1-19(33-26-28-24(29-30-26)17-12-20-8-4-2-5-9-20)25(31)27-22-13-15-23(16-14-22)32-18-21-10-6-3-7-11-21/h2-17,19H,18H2,1H3,(H,27,31)(H,28,29,30)/b17-12+. The van der Waals surface area contributed by atoms with Gasteiger partial charge in [0.25, 0.3) is 0 Å². The molecule has 0 aliphatic heterocycles. The van der Waals surface area contributed by atoms with Crippen LogP contribution in [0.5, 0.6) is 5.75 Å². The Labute approximate surface area is 197 Å². The number of carbonyl (C=O) groups is 1. The molecule has 7 heteroatoms. The third-order valence-corrected chi connectivity index (χ3v) is 5.70. The monoisotopic (exact) mass is 456 g/mol. The fourth-order valence-electron chi connectivity index (χ4n) is 2.96. The van der Waals surface area contributed by atoms with Crippen LogP contribution in [-0.2, 0) is 11.4 Å².